The van der Waals surface area contributed by atoms with Gasteiger partial charge in [-0.15, -0.1) is 0 Å². The lowest BCUT2D eigenvalue weighted by atomic mass is 9.83. The highest BCUT2D eigenvalue weighted by Gasteiger charge is 2.14. The summed E-state index contributed by atoms with van der Waals surface area (Å²) in [4.78, 5) is 0. The van der Waals surface area contributed by atoms with Crippen LogP contribution in [0.3, 0.4) is 0 Å². The fraction of sp³-hybridized carbons (Fsp3) is 0.846. The van der Waals surface area contributed by atoms with Crippen molar-refractivity contribution in [3.05, 3.63) is 12.2 Å². The minimum absolute atomic E-state index is 0.761. The number of hydrogen-bond donors (Lipinski definition) is 0. The molecule has 0 heterocycles. The predicted octanol–water partition coefficient (Wildman–Crippen LogP) is 4.81. The first-order valence-corrected chi connectivity index (χ1v) is 5.81. The molecule has 0 amide bonds. The Morgan fingerprint density at radius 1 is 1.15 bits per heavy atom. The molecule has 78 valence electrons. The van der Waals surface area contributed by atoms with Crippen LogP contribution in [0.5, 0.6) is 0 Å². The third kappa shape index (κ3) is 5.13. The molecule has 0 aromatic carbocycles. The smallest absolute Gasteiger partial charge is 0.0183 e. The Kier molecular flexibility index (Phi) is 7.03. The Labute approximate surface area is 84.4 Å². The lowest BCUT2D eigenvalue weighted by molar-refractivity contribution is 0.392. The van der Waals surface area contributed by atoms with E-state index in [0.29, 0.717) is 0 Å². The molecule has 0 radical (unpaired) electrons. The Morgan fingerprint density at radius 2 is 1.77 bits per heavy atom. The molecule has 0 fully saturated rings. The first kappa shape index (κ1) is 12.7. The van der Waals surface area contributed by atoms with Gasteiger partial charge < -0.3 is 0 Å². The van der Waals surface area contributed by atoms with Crippen LogP contribution in [0.1, 0.15) is 59.8 Å². The van der Waals surface area contributed by atoms with Gasteiger partial charge in [-0.2, -0.15) is 0 Å². The molecule has 0 aromatic heterocycles. The summed E-state index contributed by atoms with van der Waals surface area (Å²) in [6.45, 7) is 13.3. The second-order valence-electron chi connectivity index (χ2n) is 4.36. The summed E-state index contributed by atoms with van der Waals surface area (Å²) in [6, 6.07) is 0. The van der Waals surface area contributed by atoms with E-state index in [1.165, 1.54) is 31.3 Å². The number of allylic oxidation sites excluding steroid dienone is 1. The highest BCUT2D eigenvalue weighted by molar-refractivity contribution is 5.00. The molecular formula is C13H26. The second kappa shape index (κ2) is 7.17. The van der Waals surface area contributed by atoms with Crippen LogP contribution < -0.4 is 0 Å². The van der Waals surface area contributed by atoms with Crippen molar-refractivity contribution in [3.8, 4) is 0 Å². The van der Waals surface area contributed by atoms with E-state index < -0.39 is 0 Å². The Bertz CT molecular complexity index is 133. The number of hydrogen-bond acceptors (Lipinski definition) is 0. The molecule has 0 saturated carbocycles. The van der Waals surface area contributed by atoms with Crippen LogP contribution in [0.15, 0.2) is 12.2 Å². The van der Waals surface area contributed by atoms with E-state index in [2.05, 4.69) is 34.3 Å². The van der Waals surface area contributed by atoms with Gasteiger partial charge >= 0.3 is 0 Å². The van der Waals surface area contributed by atoms with Crippen LogP contribution in [0, 0.1) is 11.8 Å². The lowest BCUT2D eigenvalue weighted by Crippen LogP contribution is -2.10. The number of unbranched alkanes of at least 4 members (excludes halogenated alkanes) is 2. The van der Waals surface area contributed by atoms with Crippen molar-refractivity contribution in [3.63, 3.8) is 0 Å². The van der Waals surface area contributed by atoms with Gasteiger partial charge in [0.05, 0.1) is 0 Å². The number of rotatable bonds is 7. The van der Waals surface area contributed by atoms with Crippen LogP contribution >= 0.6 is 0 Å². The van der Waals surface area contributed by atoms with Gasteiger partial charge in [0.25, 0.3) is 0 Å². The highest BCUT2D eigenvalue weighted by atomic mass is 14.2. The fourth-order valence-corrected chi connectivity index (χ4v) is 1.89. The normalized spacial score (nSPS) is 13.3. The van der Waals surface area contributed by atoms with E-state index in [1.54, 1.807) is 0 Å². The lowest BCUT2D eigenvalue weighted by Gasteiger charge is -2.22. The van der Waals surface area contributed by atoms with E-state index in [0.717, 1.165) is 18.3 Å². The molecule has 1 unspecified atom stereocenters. The molecule has 0 spiro atoms. The molecule has 0 bridgehead atoms. The van der Waals surface area contributed by atoms with Crippen LogP contribution in [-0.4, -0.2) is 0 Å². The molecule has 13 heavy (non-hydrogen) atoms. The highest BCUT2D eigenvalue weighted by Crippen LogP contribution is 2.27. The fourth-order valence-electron chi connectivity index (χ4n) is 1.89. The van der Waals surface area contributed by atoms with E-state index in [4.69, 9.17) is 0 Å². The first-order chi connectivity index (χ1) is 6.13. The standard InChI is InChI=1S/C13H26/c1-6-8-9-10-13(11(3)4)12(5)7-2/h11,13H,5-10H2,1-4H3. The van der Waals surface area contributed by atoms with Gasteiger partial charge in [-0.05, 0) is 24.7 Å². The van der Waals surface area contributed by atoms with Gasteiger partial charge in [0, 0.05) is 0 Å². The largest absolute Gasteiger partial charge is 0.0996 e. The van der Waals surface area contributed by atoms with Gasteiger partial charge in [-0.25, -0.2) is 0 Å². The molecule has 0 aliphatic carbocycles. The predicted molar refractivity (Wildman–Crippen MR) is 61.9 cm³/mol. The minimum atomic E-state index is 0.761. The molecule has 0 aromatic rings. The summed E-state index contributed by atoms with van der Waals surface area (Å²) < 4.78 is 0. The zero-order valence-electron chi connectivity index (χ0n) is 9.90. The summed E-state index contributed by atoms with van der Waals surface area (Å²) in [5.74, 6) is 1.53. The summed E-state index contributed by atoms with van der Waals surface area (Å²) >= 11 is 0. The Hall–Kier alpha value is -0.260. The van der Waals surface area contributed by atoms with Crippen LogP contribution in [-0.2, 0) is 0 Å². The maximum atomic E-state index is 4.17. The van der Waals surface area contributed by atoms with Gasteiger partial charge in [0.15, 0.2) is 0 Å². The van der Waals surface area contributed by atoms with Gasteiger partial charge in [0.2, 0.25) is 0 Å². The zero-order chi connectivity index (χ0) is 10.3. The van der Waals surface area contributed by atoms with Crippen molar-refractivity contribution in [2.75, 3.05) is 0 Å². The SMILES string of the molecule is C=C(CC)C(CCCCC)C(C)C. The van der Waals surface area contributed by atoms with Crippen LogP contribution in [0.4, 0.5) is 0 Å². The third-order valence-corrected chi connectivity index (χ3v) is 2.90. The maximum absolute atomic E-state index is 4.17. The van der Waals surface area contributed by atoms with Gasteiger partial charge in [-0.3, -0.25) is 0 Å². The summed E-state index contributed by atoms with van der Waals surface area (Å²) in [6.07, 6.45) is 6.56. The van der Waals surface area contributed by atoms with Crippen molar-refractivity contribution < 1.29 is 0 Å². The van der Waals surface area contributed by atoms with E-state index in [9.17, 15) is 0 Å². The second-order valence-corrected chi connectivity index (χ2v) is 4.36. The average molecular weight is 182 g/mol. The van der Waals surface area contributed by atoms with Crippen molar-refractivity contribution in [2.45, 2.75) is 59.8 Å². The van der Waals surface area contributed by atoms with Crippen LogP contribution in [0.2, 0.25) is 0 Å². The zero-order valence-corrected chi connectivity index (χ0v) is 9.90. The van der Waals surface area contributed by atoms with E-state index in [-0.39, 0.29) is 0 Å². The summed E-state index contributed by atoms with van der Waals surface area (Å²) in [5, 5.41) is 0. The van der Waals surface area contributed by atoms with Crippen LogP contribution in [0.25, 0.3) is 0 Å². The molecular weight excluding hydrogens is 156 g/mol. The molecule has 0 nitrogen and oxygen atoms in total. The third-order valence-electron chi connectivity index (χ3n) is 2.90. The van der Waals surface area contributed by atoms with Gasteiger partial charge in [-0.1, -0.05) is 59.1 Å². The molecule has 0 heteroatoms. The minimum Gasteiger partial charge on any atom is -0.0996 e. The molecule has 1 atom stereocenters. The van der Waals surface area contributed by atoms with Gasteiger partial charge in [0.1, 0.15) is 0 Å². The topological polar surface area (TPSA) is 0 Å². The Morgan fingerprint density at radius 3 is 2.15 bits per heavy atom. The maximum Gasteiger partial charge on any atom is -0.0183 e. The quantitative estimate of drug-likeness (QED) is 0.392. The van der Waals surface area contributed by atoms with Crippen molar-refractivity contribution >= 4 is 0 Å². The Balaban J connectivity index is 3.88. The summed E-state index contributed by atoms with van der Waals surface area (Å²) in [5.41, 5.74) is 1.45. The monoisotopic (exact) mass is 182 g/mol. The molecule has 0 rings (SSSR count). The summed E-state index contributed by atoms with van der Waals surface area (Å²) in [7, 11) is 0. The van der Waals surface area contributed by atoms with Crippen molar-refractivity contribution in [1.29, 1.82) is 0 Å². The van der Waals surface area contributed by atoms with E-state index in [1.807, 2.05) is 0 Å². The average Bonchev–Trinajstić information content (AvgIpc) is 2.11. The molecule has 0 N–H and O–H groups in total. The molecule has 0 aliphatic heterocycles. The first-order valence-electron chi connectivity index (χ1n) is 5.81. The van der Waals surface area contributed by atoms with Crippen molar-refractivity contribution in [2.24, 2.45) is 11.8 Å². The van der Waals surface area contributed by atoms with Crippen molar-refractivity contribution in [1.82, 2.24) is 0 Å². The molecule has 0 saturated heterocycles. The molecule has 0 aliphatic rings. The van der Waals surface area contributed by atoms with E-state index >= 15 is 0 Å².